The second-order valence-corrected chi connectivity index (χ2v) is 6.46. The second-order valence-electron chi connectivity index (χ2n) is 6.46. The van der Waals surface area contributed by atoms with Crippen LogP contribution in [0.1, 0.15) is 27.6 Å². The van der Waals surface area contributed by atoms with Crippen molar-refractivity contribution in [3.05, 3.63) is 76.6 Å². The fraction of sp³-hybridized carbons (Fsp3) is 0.150. The number of hydrogen-bond donors (Lipinski definition) is 2. The summed E-state index contributed by atoms with van der Waals surface area (Å²) in [6.07, 6.45) is -0.838. The minimum Gasteiger partial charge on any atom is -0.483 e. The third-order valence-corrected chi connectivity index (χ3v) is 4.74. The van der Waals surface area contributed by atoms with Crippen LogP contribution >= 0.6 is 0 Å². The zero-order valence-electron chi connectivity index (χ0n) is 13.9. The number of carboxylic acid groups (broad SMARTS) is 1. The van der Waals surface area contributed by atoms with Gasteiger partial charge in [-0.3, -0.25) is 0 Å². The molecule has 1 aliphatic rings. The van der Waals surface area contributed by atoms with E-state index >= 15 is 0 Å². The lowest BCUT2D eigenvalue weighted by atomic mass is 9.89. The van der Waals surface area contributed by atoms with E-state index in [1.807, 2.05) is 0 Å². The molecule has 3 aromatic carbocycles. The molecule has 27 heavy (non-hydrogen) atoms. The molecule has 2 atom stereocenters. The Kier molecular flexibility index (Phi) is 4.04. The number of fused-ring (bicyclic) bond motifs is 3. The first-order valence-corrected chi connectivity index (χ1v) is 8.21. The number of ether oxygens (including phenoxy) is 1. The maximum Gasteiger partial charge on any atom is 0.336 e. The first-order chi connectivity index (χ1) is 12.9. The van der Waals surface area contributed by atoms with Gasteiger partial charge in [-0.15, -0.1) is 0 Å². The van der Waals surface area contributed by atoms with Crippen molar-refractivity contribution in [3.63, 3.8) is 0 Å². The molecule has 4 rings (SSSR count). The Bertz CT molecular complexity index is 1080. The van der Waals surface area contributed by atoms with Crippen molar-refractivity contribution < 1.29 is 27.8 Å². The van der Waals surface area contributed by atoms with E-state index in [1.54, 1.807) is 24.3 Å². The van der Waals surface area contributed by atoms with Crippen LogP contribution in [0.2, 0.25) is 0 Å². The van der Waals surface area contributed by atoms with Gasteiger partial charge in [0, 0.05) is 17.0 Å². The van der Waals surface area contributed by atoms with Crippen molar-refractivity contribution in [3.8, 4) is 5.75 Å². The molecule has 3 aromatic rings. The second kappa shape index (κ2) is 6.28. The highest BCUT2D eigenvalue weighted by Gasteiger charge is 2.33. The zero-order chi connectivity index (χ0) is 19.3. The van der Waals surface area contributed by atoms with Gasteiger partial charge in [-0.25, -0.2) is 18.0 Å². The smallest absolute Gasteiger partial charge is 0.336 e. The predicted octanol–water partition coefficient (Wildman–Crippen LogP) is 3.96. The summed E-state index contributed by atoms with van der Waals surface area (Å²) in [5.41, 5.74) is 6.59. The number of rotatable bonds is 2. The van der Waals surface area contributed by atoms with Gasteiger partial charge >= 0.3 is 5.97 Å². The molecular weight excluding hydrogens is 359 g/mol. The minimum absolute atomic E-state index is 0.109. The van der Waals surface area contributed by atoms with Crippen LogP contribution in [-0.2, 0) is 6.42 Å². The average Bonchev–Trinajstić information content (AvgIpc) is 2.63. The van der Waals surface area contributed by atoms with Gasteiger partial charge in [-0.05, 0) is 29.5 Å². The van der Waals surface area contributed by atoms with Crippen molar-refractivity contribution >= 4 is 16.7 Å². The molecule has 1 heterocycles. The molecule has 3 N–H and O–H groups in total. The molecule has 0 radical (unpaired) electrons. The molecule has 138 valence electrons. The fourth-order valence-corrected chi connectivity index (χ4v) is 3.50. The Morgan fingerprint density at radius 1 is 1.04 bits per heavy atom. The molecule has 1 aliphatic heterocycles. The Balaban J connectivity index is 1.88. The summed E-state index contributed by atoms with van der Waals surface area (Å²) in [5.74, 6) is -4.16. The van der Waals surface area contributed by atoms with Gasteiger partial charge in [-0.2, -0.15) is 0 Å². The number of halogens is 3. The Morgan fingerprint density at radius 3 is 2.41 bits per heavy atom. The fourth-order valence-electron chi connectivity index (χ4n) is 3.50. The van der Waals surface area contributed by atoms with Crippen LogP contribution in [0.4, 0.5) is 13.2 Å². The van der Waals surface area contributed by atoms with Gasteiger partial charge < -0.3 is 15.6 Å². The van der Waals surface area contributed by atoms with Crippen LogP contribution in [0, 0.1) is 17.5 Å². The van der Waals surface area contributed by atoms with Crippen LogP contribution < -0.4 is 10.5 Å². The molecule has 0 fully saturated rings. The first kappa shape index (κ1) is 17.4. The summed E-state index contributed by atoms with van der Waals surface area (Å²) in [5, 5.41) is 10.5. The van der Waals surface area contributed by atoms with Gasteiger partial charge in [0.1, 0.15) is 17.7 Å². The van der Waals surface area contributed by atoms with Gasteiger partial charge in [0.15, 0.2) is 11.6 Å². The van der Waals surface area contributed by atoms with Gasteiger partial charge in [0.05, 0.1) is 11.6 Å². The van der Waals surface area contributed by atoms with E-state index in [9.17, 15) is 23.1 Å². The summed E-state index contributed by atoms with van der Waals surface area (Å²) in [7, 11) is 0. The molecule has 0 saturated carbocycles. The van der Waals surface area contributed by atoms with E-state index in [0.29, 0.717) is 28.2 Å². The number of nitrogens with two attached hydrogens (primary N) is 1. The minimum atomic E-state index is -1.29. The number of carbonyl (C=O) groups is 1. The summed E-state index contributed by atoms with van der Waals surface area (Å²) in [6.45, 7) is 0. The van der Waals surface area contributed by atoms with Crippen molar-refractivity contribution in [2.45, 2.75) is 18.6 Å². The highest BCUT2D eigenvalue weighted by atomic mass is 19.2. The summed E-state index contributed by atoms with van der Waals surface area (Å²) in [6, 6.07) is 8.68. The monoisotopic (exact) mass is 373 g/mol. The molecule has 0 aromatic heterocycles. The van der Waals surface area contributed by atoms with Crippen LogP contribution in [0.5, 0.6) is 5.75 Å². The van der Waals surface area contributed by atoms with Crippen molar-refractivity contribution in [1.29, 1.82) is 0 Å². The van der Waals surface area contributed by atoms with Crippen LogP contribution in [0.25, 0.3) is 10.8 Å². The number of benzene rings is 3. The molecule has 0 aliphatic carbocycles. The third kappa shape index (κ3) is 2.80. The van der Waals surface area contributed by atoms with E-state index < -0.39 is 35.6 Å². The zero-order valence-corrected chi connectivity index (χ0v) is 13.9. The SMILES string of the molecule is N[C@@H]1Cc2cc(C(=O)O)c3ccccc3c2O[C@H]1c1cc(F)c(F)cc1F. The summed E-state index contributed by atoms with van der Waals surface area (Å²) >= 11 is 0. The molecule has 0 unspecified atom stereocenters. The quantitative estimate of drug-likeness (QED) is 0.667. The standard InChI is InChI=1S/C20H14F3NO3/c21-14-8-16(23)15(22)7-13(14)19-17(24)6-9-5-12(20(25)26)10-3-1-2-4-11(10)18(9)27-19/h1-5,7-8,17,19H,6,24H2,(H,25,26)/t17-,19+/m1/s1. The van der Waals surface area contributed by atoms with E-state index in [4.69, 9.17) is 10.5 Å². The van der Waals surface area contributed by atoms with E-state index in [2.05, 4.69) is 0 Å². The first-order valence-electron chi connectivity index (χ1n) is 8.21. The molecular formula is C20H14F3NO3. The van der Waals surface area contributed by atoms with E-state index in [-0.39, 0.29) is 17.5 Å². The van der Waals surface area contributed by atoms with Crippen molar-refractivity contribution in [1.82, 2.24) is 0 Å². The maximum atomic E-state index is 14.2. The van der Waals surface area contributed by atoms with Gasteiger partial charge in [-0.1, -0.05) is 24.3 Å². The summed E-state index contributed by atoms with van der Waals surface area (Å²) < 4.78 is 47.0. The number of aromatic carboxylic acids is 1. The van der Waals surface area contributed by atoms with Gasteiger partial charge in [0.25, 0.3) is 0 Å². The normalized spacial score (nSPS) is 18.8. The number of carboxylic acids is 1. The van der Waals surface area contributed by atoms with Crippen LogP contribution in [0.3, 0.4) is 0 Å². The van der Waals surface area contributed by atoms with Gasteiger partial charge in [0.2, 0.25) is 0 Å². The van der Waals surface area contributed by atoms with Crippen LogP contribution in [-0.4, -0.2) is 17.1 Å². The maximum absolute atomic E-state index is 14.2. The molecule has 0 amide bonds. The lowest BCUT2D eigenvalue weighted by Crippen LogP contribution is -2.38. The molecule has 0 spiro atoms. The number of hydrogen-bond acceptors (Lipinski definition) is 3. The van der Waals surface area contributed by atoms with Crippen molar-refractivity contribution in [2.24, 2.45) is 5.73 Å². The lowest BCUT2D eigenvalue weighted by molar-refractivity contribution is 0.0698. The topological polar surface area (TPSA) is 72.6 Å². The van der Waals surface area contributed by atoms with E-state index in [1.165, 1.54) is 6.07 Å². The molecule has 4 nitrogen and oxygen atoms in total. The largest absolute Gasteiger partial charge is 0.483 e. The summed E-state index contributed by atoms with van der Waals surface area (Å²) in [4.78, 5) is 11.6. The molecule has 0 bridgehead atoms. The average molecular weight is 373 g/mol. The Labute approximate surface area is 152 Å². The van der Waals surface area contributed by atoms with E-state index in [0.717, 1.165) is 6.07 Å². The Morgan fingerprint density at radius 2 is 1.70 bits per heavy atom. The van der Waals surface area contributed by atoms with Crippen LogP contribution in [0.15, 0.2) is 42.5 Å². The third-order valence-electron chi connectivity index (χ3n) is 4.74. The highest BCUT2D eigenvalue weighted by Crippen LogP contribution is 2.41. The molecule has 7 heteroatoms. The lowest BCUT2D eigenvalue weighted by Gasteiger charge is -2.33. The Hall–Kier alpha value is -3.06. The van der Waals surface area contributed by atoms with Crippen molar-refractivity contribution in [2.75, 3.05) is 0 Å². The highest BCUT2D eigenvalue weighted by molar-refractivity contribution is 6.06. The molecule has 0 saturated heterocycles. The predicted molar refractivity (Wildman–Crippen MR) is 92.3 cm³/mol.